The number of nitrogens with zero attached hydrogens (tertiary/aromatic N) is 2. The monoisotopic (exact) mass is 685 g/mol. The highest BCUT2D eigenvalue weighted by Gasteiger charge is 2.64. The summed E-state index contributed by atoms with van der Waals surface area (Å²) >= 11 is 6.76. The molecule has 2 amide bonds. The number of benzene rings is 1. The largest absolute Gasteiger partial charge is 0.476 e. The van der Waals surface area contributed by atoms with Gasteiger partial charge in [0.25, 0.3) is 0 Å². The van der Waals surface area contributed by atoms with Crippen LogP contribution < -0.4 is 10.2 Å². The van der Waals surface area contributed by atoms with Crippen molar-refractivity contribution in [1.82, 2.24) is 10.2 Å². The number of nitrogens with one attached hydrogen (secondary N) is 1. The number of carbonyl (C=O) groups excluding carboxylic acids is 3. The van der Waals surface area contributed by atoms with Gasteiger partial charge in [0.05, 0.1) is 23.2 Å². The van der Waals surface area contributed by atoms with Crippen LogP contribution in [0, 0.1) is 18.8 Å². The molecule has 3 aliphatic heterocycles. The van der Waals surface area contributed by atoms with Gasteiger partial charge in [0.2, 0.25) is 11.8 Å². The first-order chi connectivity index (χ1) is 22.4. The molecule has 0 spiro atoms. The van der Waals surface area contributed by atoms with Gasteiger partial charge >= 0.3 is 5.97 Å². The Morgan fingerprint density at radius 2 is 1.98 bits per heavy atom. The number of amides is 2. The fourth-order valence-corrected chi connectivity index (χ4v) is 6.90. The predicted molar refractivity (Wildman–Crippen MR) is 186 cm³/mol. The van der Waals surface area contributed by atoms with Crippen molar-refractivity contribution in [2.45, 2.75) is 116 Å². The van der Waals surface area contributed by atoms with Gasteiger partial charge in [-0.05, 0) is 64.3 Å². The van der Waals surface area contributed by atoms with Gasteiger partial charge in [-0.1, -0.05) is 62.2 Å². The maximum absolute atomic E-state index is 14.0. The number of aryl methyl sites for hydroxylation is 1. The number of hydrogen-bond donors (Lipinski definition) is 2. The minimum atomic E-state index is -1.33. The van der Waals surface area contributed by atoms with E-state index in [1.54, 1.807) is 21.0 Å². The Hall–Kier alpha value is -3.34. The Bertz CT molecular complexity index is 1490. The van der Waals surface area contributed by atoms with E-state index in [0.717, 1.165) is 16.7 Å². The van der Waals surface area contributed by atoms with Crippen LogP contribution in [0.2, 0.25) is 5.02 Å². The van der Waals surface area contributed by atoms with Crippen LogP contribution in [0.15, 0.2) is 48.4 Å². The van der Waals surface area contributed by atoms with Crippen LogP contribution >= 0.6 is 11.6 Å². The molecule has 3 heterocycles. The maximum atomic E-state index is 14.0. The van der Waals surface area contributed by atoms with E-state index in [9.17, 15) is 19.5 Å². The molecular formula is C37H52ClN3O7. The van der Waals surface area contributed by atoms with Crippen molar-refractivity contribution in [1.29, 1.82) is 0 Å². The van der Waals surface area contributed by atoms with E-state index in [1.165, 1.54) is 9.80 Å². The van der Waals surface area contributed by atoms with Crippen LogP contribution in [0.4, 0.5) is 5.69 Å². The molecule has 3 aliphatic rings. The summed E-state index contributed by atoms with van der Waals surface area (Å²) in [6.45, 7) is 17.1. The molecule has 8 atom stereocenters. The van der Waals surface area contributed by atoms with E-state index in [4.69, 9.17) is 25.8 Å². The van der Waals surface area contributed by atoms with E-state index in [-0.39, 0.29) is 42.4 Å². The minimum Gasteiger partial charge on any atom is -0.476 e. The minimum absolute atomic E-state index is 0.173. The zero-order valence-electron chi connectivity index (χ0n) is 29.8. The lowest BCUT2D eigenvalue weighted by atomic mass is 9.82. The van der Waals surface area contributed by atoms with Crippen LogP contribution in [0.1, 0.15) is 78.4 Å². The molecule has 1 aromatic rings. The van der Waals surface area contributed by atoms with E-state index in [1.807, 2.05) is 71.9 Å². The molecule has 0 aromatic heterocycles. The van der Waals surface area contributed by atoms with E-state index < -0.39 is 41.6 Å². The highest BCUT2D eigenvalue weighted by molar-refractivity contribution is 6.34. The lowest BCUT2D eigenvalue weighted by Gasteiger charge is -2.44. The second kappa shape index (κ2) is 14.6. The van der Waals surface area contributed by atoms with Crippen LogP contribution in [-0.2, 0) is 35.0 Å². The van der Waals surface area contributed by atoms with Crippen molar-refractivity contribution < 1.29 is 33.7 Å². The number of esters is 1. The van der Waals surface area contributed by atoms with Gasteiger partial charge < -0.3 is 34.4 Å². The van der Waals surface area contributed by atoms with E-state index in [2.05, 4.69) is 11.9 Å². The lowest BCUT2D eigenvalue weighted by molar-refractivity contribution is -0.162. The molecule has 2 fully saturated rings. The van der Waals surface area contributed by atoms with Crippen LogP contribution in [0.3, 0.4) is 0 Å². The SMILES string of the molecule is C=C1N[C@]2(O)C[C@H](O1)[C@@H](C)[C@@H]1O[C@@]1(C)[C@@H](OC(=O)[C@H](C)N(C)C(=O)CCC)CC(=O)N(C)c1cc(cc(C)c1Cl)C/C(C)=C/C=C/[C@H]2C. The zero-order chi connectivity index (χ0) is 35.7. The number of rotatable bonds is 5. The van der Waals surface area contributed by atoms with Gasteiger partial charge in [-0.25, -0.2) is 4.79 Å². The first kappa shape index (κ1) is 37.5. The van der Waals surface area contributed by atoms with Crippen LogP contribution in [-0.4, -0.2) is 77.6 Å². The molecule has 1 aromatic carbocycles. The number of allylic oxidation sites excluding steroid dienone is 3. The molecule has 48 heavy (non-hydrogen) atoms. The lowest BCUT2D eigenvalue weighted by Crippen LogP contribution is -2.57. The number of carbonyl (C=O) groups is 3. The molecule has 264 valence electrons. The van der Waals surface area contributed by atoms with Gasteiger partial charge in [-0.3, -0.25) is 9.59 Å². The number of aliphatic hydroxyl groups is 1. The summed E-state index contributed by atoms with van der Waals surface area (Å²) < 4.78 is 18.5. The van der Waals surface area contributed by atoms with Crippen molar-refractivity contribution in [2.24, 2.45) is 11.8 Å². The summed E-state index contributed by atoms with van der Waals surface area (Å²) in [5.41, 5.74) is 1.05. The number of likely N-dealkylation sites (N-methyl/N-ethyl adjacent to an activating group) is 1. The third-order valence-corrected chi connectivity index (χ3v) is 10.7. The fourth-order valence-electron chi connectivity index (χ4n) is 6.66. The average molecular weight is 686 g/mol. The third-order valence-electron chi connectivity index (χ3n) is 10.2. The molecule has 0 unspecified atom stereocenters. The molecule has 0 saturated carbocycles. The first-order valence-corrected chi connectivity index (χ1v) is 17.2. The summed E-state index contributed by atoms with van der Waals surface area (Å²) in [5.74, 6) is -1.46. The standard InChI is InChI=1S/C37H52ClN3O7/c1-11-13-31(42)40(9)25(6)35(44)47-30-19-32(43)41(10)28-18-27(17-22(3)33(28)38)16-21(2)14-12-15-23(4)37(45)20-29(46-26(7)39-37)24(5)34-36(30,8)48-34/h12,14-15,17-18,23-25,29-30,34,39,45H,7,11,13,16,19-20H2,1-6,8-10H3/b15-12+,21-14+/t23-,24-,25+,29+,30+,34+,36+,37+/m1/s1. The van der Waals surface area contributed by atoms with Crippen LogP contribution in [0.5, 0.6) is 0 Å². The van der Waals surface area contributed by atoms with Crippen molar-refractivity contribution >= 4 is 35.1 Å². The summed E-state index contributed by atoms with van der Waals surface area (Å²) in [6, 6.07) is 3.03. The Morgan fingerprint density at radius 1 is 1.29 bits per heavy atom. The van der Waals surface area contributed by atoms with Gasteiger partial charge in [0.15, 0.2) is 5.88 Å². The number of ether oxygens (including phenoxy) is 3. The summed E-state index contributed by atoms with van der Waals surface area (Å²) in [7, 11) is 3.23. The Morgan fingerprint density at radius 3 is 2.65 bits per heavy atom. The smallest absolute Gasteiger partial charge is 0.328 e. The van der Waals surface area contributed by atoms with Gasteiger partial charge in [-0.15, -0.1) is 0 Å². The highest BCUT2D eigenvalue weighted by atomic mass is 35.5. The number of anilines is 1. The second-order valence-electron chi connectivity index (χ2n) is 14.0. The Balaban J connectivity index is 1.75. The molecule has 10 nitrogen and oxygen atoms in total. The van der Waals surface area contributed by atoms with Gasteiger partial charge in [0.1, 0.15) is 29.6 Å². The van der Waals surface area contributed by atoms with E-state index >= 15 is 0 Å². The average Bonchev–Trinajstić information content (AvgIpc) is 3.72. The van der Waals surface area contributed by atoms with Crippen molar-refractivity contribution in [2.75, 3.05) is 19.0 Å². The Kier molecular flexibility index (Phi) is 11.4. The van der Waals surface area contributed by atoms with Crippen molar-refractivity contribution in [3.63, 3.8) is 0 Å². The molecular weight excluding hydrogens is 634 g/mol. The van der Waals surface area contributed by atoms with Crippen molar-refractivity contribution in [3.05, 3.63) is 64.5 Å². The summed E-state index contributed by atoms with van der Waals surface area (Å²) in [5, 5.41) is 15.3. The molecule has 2 N–H and O–H groups in total. The summed E-state index contributed by atoms with van der Waals surface area (Å²) in [6.07, 6.45) is 5.57. The zero-order valence-corrected chi connectivity index (χ0v) is 30.5. The number of fused-ring (bicyclic) bond motifs is 5. The topological polar surface area (TPSA) is 121 Å². The highest BCUT2D eigenvalue weighted by Crippen LogP contribution is 2.49. The maximum Gasteiger partial charge on any atom is 0.328 e. The second-order valence-corrected chi connectivity index (χ2v) is 14.4. The fraction of sp³-hybridized carbons (Fsp3) is 0.595. The third kappa shape index (κ3) is 7.92. The number of epoxide rings is 1. The predicted octanol–water partition coefficient (Wildman–Crippen LogP) is 5.59. The quantitative estimate of drug-likeness (QED) is 0.304. The van der Waals surface area contributed by atoms with Gasteiger partial charge in [0, 0.05) is 38.8 Å². The van der Waals surface area contributed by atoms with Crippen molar-refractivity contribution in [3.8, 4) is 0 Å². The van der Waals surface area contributed by atoms with Crippen LogP contribution in [0.25, 0.3) is 0 Å². The first-order valence-electron chi connectivity index (χ1n) is 16.8. The normalized spacial score (nSPS) is 33.3. The molecule has 4 bridgehead atoms. The number of halogens is 1. The molecule has 2 saturated heterocycles. The Labute approximate surface area is 290 Å². The number of hydrogen-bond acceptors (Lipinski definition) is 8. The molecule has 0 aliphatic carbocycles. The molecule has 11 heteroatoms. The summed E-state index contributed by atoms with van der Waals surface area (Å²) in [4.78, 5) is 43.0. The van der Waals surface area contributed by atoms with E-state index in [0.29, 0.717) is 30.0 Å². The molecule has 0 radical (unpaired) electrons. The van der Waals surface area contributed by atoms with Gasteiger partial charge in [-0.2, -0.15) is 0 Å². The molecule has 4 rings (SSSR count).